The number of alkyl carbamates (subject to hydrolysis) is 2. The van der Waals surface area contributed by atoms with Crippen LogP contribution in [0.15, 0.2) is 91.3 Å². The van der Waals surface area contributed by atoms with Gasteiger partial charge in [-0.1, -0.05) is 78.9 Å². The van der Waals surface area contributed by atoms with Crippen molar-refractivity contribution in [3.63, 3.8) is 0 Å². The Bertz CT molecular complexity index is 2310. The molecule has 326 valence electrons. The molecule has 4 N–H and O–H groups in total. The Morgan fingerprint density at radius 1 is 0.726 bits per heavy atom. The molecule has 3 aromatic carbocycles. The minimum Gasteiger partial charge on any atom is -0.453 e. The Balaban J connectivity index is 1.04. The second-order valence-electron chi connectivity index (χ2n) is 15.8. The molecule has 0 spiro atoms. The number of hydrogen-bond donors (Lipinski definition) is 4. The lowest BCUT2D eigenvalue weighted by Crippen LogP contribution is -2.55. The van der Waals surface area contributed by atoms with Gasteiger partial charge in [0, 0.05) is 32.7 Å². The summed E-state index contributed by atoms with van der Waals surface area (Å²) in [6, 6.07) is 22.9. The van der Waals surface area contributed by atoms with Crippen LogP contribution >= 0.6 is 0 Å². The molecular formula is C46H54N8O8. The average molecular weight is 847 g/mol. The summed E-state index contributed by atoms with van der Waals surface area (Å²) in [6.45, 7) is 4.66. The van der Waals surface area contributed by atoms with Crippen molar-refractivity contribution in [2.24, 2.45) is 5.92 Å². The zero-order valence-corrected chi connectivity index (χ0v) is 35.8. The molecule has 2 fully saturated rings. The standard InChI is InChI=1S/C46H54N8O8/c1-27-12-21-37(54(27)44(56)39(28(2)60-4)51-45(57)61-5)41-47-23-35(49-41)32-17-13-30(14-18-32)31-15-19-33(20-16-31)36-24-48-42(50-36)38-22-29(26-59-3)25-53(38)43(55)40(52-46(58)62-6)34-10-8-7-9-11-34/h7-11,13-20,23-24,27-29,37-40H,12,21-22,25-26H2,1-6H3,(H,47,49)(H,48,50)(H,51,57)(H,52,58)/t27-,28+,29-,37-,38-,39?,40+/m0/s1. The van der Waals surface area contributed by atoms with Crippen molar-refractivity contribution in [1.82, 2.24) is 40.4 Å². The lowest BCUT2D eigenvalue weighted by molar-refractivity contribution is -0.139. The number of carbonyl (C=O) groups excluding carboxylic acids is 4. The van der Waals surface area contributed by atoms with Crippen LogP contribution in [0, 0.1) is 5.92 Å². The molecule has 1 unspecified atom stereocenters. The molecule has 16 heteroatoms. The van der Waals surface area contributed by atoms with E-state index in [2.05, 4.69) is 44.9 Å². The van der Waals surface area contributed by atoms with Crippen LogP contribution in [0.4, 0.5) is 9.59 Å². The first-order chi connectivity index (χ1) is 30.0. The van der Waals surface area contributed by atoms with Gasteiger partial charge in [0.15, 0.2) is 0 Å². The van der Waals surface area contributed by atoms with Gasteiger partial charge in [0.2, 0.25) is 5.91 Å². The first-order valence-corrected chi connectivity index (χ1v) is 20.7. The third kappa shape index (κ3) is 9.35. The average Bonchev–Trinajstić information content (AvgIpc) is 4.14. The van der Waals surface area contributed by atoms with E-state index >= 15 is 0 Å². The van der Waals surface area contributed by atoms with Crippen LogP contribution in [0.25, 0.3) is 33.6 Å². The Hall–Kier alpha value is -6.52. The Kier molecular flexibility index (Phi) is 13.7. The van der Waals surface area contributed by atoms with Crippen molar-refractivity contribution in [3.8, 4) is 33.6 Å². The van der Waals surface area contributed by atoms with Gasteiger partial charge in [0.25, 0.3) is 5.91 Å². The summed E-state index contributed by atoms with van der Waals surface area (Å²) in [5, 5.41) is 5.37. The predicted octanol–water partition coefficient (Wildman–Crippen LogP) is 6.58. The number of rotatable bonds is 14. The number of amides is 4. The molecule has 7 rings (SSSR count). The van der Waals surface area contributed by atoms with Crippen LogP contribution in [0.3, 0.4) is 0 Å². The molecular weight excluding hydrogens is 793 g/mol. The topological polar surface area (TPSA) is 193 Å². The molecule has 2 aliphatic heterocycles. The number of imidazole rings is 2. The van der Waals surface area contributed by atoms with Crippen molar-refractivity contribution in [2.45, 2.75) is 69.4 Å². The molecule has 0 radical (unpaired) electrons. The fourth-order valence-corrected chi connectivity index (χ4v) is 8.53. The summed E-state index contributed by atoms with van der Waals surface area (Å²) in [4.78, 5) is 72.5. The summed E-state index contributed by atoms with van der Waals surface area (Å²) >= 11 is 0. The van der Waals surface area contributed by atoms with Gasteiger partial charge >= 0.3 is 12.2 Å². The molecule has 2 aliphatic rings. The highest BCUT2D eigenvalue weighted by Crippen LogP contribution is 2.39. The molecule has 4 amide bonds. The van der Waals surface area contributed by atoms with Gasteiger partial charge in [0.1, 0.15) is 23.7 Å². The second-order valence-corrected chi connectivity index (χ2v) is 15.8. The number of methoxy groups -OCH3 is 4. The zero-order chi connectivity index (χ0) is 43.9. The van der Waals surface area contributed by atoms with Crippen LogP contribution in [0.1, 0.15) is 68.4 Å². The first kappa shape index (κ1) is 43.6. The van der Waals surface area contributed by atoms with E-state index in [1.165, 1.54) is 21.3 Å². The second kappa shape index (κ2) is 19.5. The summed E-state index contributed by atoms with van der Waals surface area (Å²) in [5.41, 5.74) is 6.22. The highest BCUT2D eigenvalue weighted by atomic mass is 16.5. The number of H-pyrrole nitrogens is 2. The predicted molar refractivity (Wildman–Crippen MR) is 230 cm³/mol. The van der Waals surface area contributed by atoms with Gasteiger partial charge in [-0.2, -0.15) is 0 Å². The third-order valence-electron chi connectivity index (χ3n) is 11.9. The van der Waals surface area contributed by atoms with Crippen LogP contribution < -0.4 is 10.6 Å². The summed E-state index contributed by atoms with van der Waals surface area (Å²) in [7, 11) is 5.68. The number of nitrogens with zero attached hydrogens (tertiary/aromatic N) is 4. The van der Waals surface area contributed by atoms with Gasteiger partial charge in [-0.3, -0.25) is 9.59 Å². The Labute approximate surface area is 360 Å². The van der Waals surface area contributed by atoms with Crippen molar-refractivity contribution in [1.29, 1.82) is 0 Å². The number of nitrogens with one attached hydrogen (secondary N) is 4. The number of carbonyl (C=O) groups is 4. The summed E-state index contributed by atoms with van der Waals surface area (Å²) < 4.78 is 20.6. The number of hydrogen-bond acceptors (Lipinski definition) is 10. The molecule has 2 saturated heterocycles. The van der Waals surface area contributed by atoms with E-state index < -0.39 is 30.4 Å². The van der Waals surface area contributed by atoms with E-state index in [0.29, 0.717) is 36.8 Å². The van der Waals surface area contributed by atoms with Crippen molar-refractivity contribution < 1.29 is 38.1 Å². The minimum absolute atomic E-state index is 0.0633. The quantitative estimate of drug-likeness (QED) is 0.0949. The Morgan fingerprint density at radius 2 is 1.27 bits per heavy atom. The number of ether oxygens (including phenoxy) is 4. The summed E-state index contributed by atoms with van der Waals surface area (Å²) in [5.74, 6) is 0.895. The van der Waals surface area contributed by atoms with Crippen molar-refractivity contribution in [3.05, 3.63) is 108 Å². The maximum absolute atomic E-state index is 14.2. The minimum atomic E-state index is -0.938. The highest BCUT2D eigenvalue weighted by molar-refractivity contribution is 5.88. The first-order valence-electron chi connectivity index (χ1n) is 20.7. The van der Waals surface area contributed by atoms with Crippen molar-refractivity contribution >= 4 is 24.0 Å². The molecule has 5 aromatic rings. The third-order valence-corrected chi connectivity index (χ3v) is 11.9. The number of benzene rings is 3. The maximum Gasteiger partial charge on any atom is 0.407 e. The van der Waals surface area contributed by atoms with Gasteiger partial charge < -0.3 is 49.3 Å². The van der Waals surface area contributed by atoms with E-state index in [0.717, 1.165) is 46.5 Å². The zero-order valence-electron chi connectivity index (χ0n) is 35.8. The fourth-order valence-electron chi connectivity index (χ4n) is 8.53. The SMILES string of the molecule is COC[C@H]1C[C@@H](c2ncc(-c3ccc(-c4ccc(-c5cnc([C@@H]6CC[C@H](C)N6C(=O)C(NC(=O)OC)[C@@H](C)OC)[nH]5)cc4)cc3)[nH]2)N(C(=O)[C@H](NC(=O)OC)c2ccccc2)C1. The van der Waals surface area contributed by atoms with Crippen LogP contribution in [0.2, 0.25) is 0 Å². The van der Waals surface area contributed by atoms with E-state index in [-0.39, 0.29) is 35.9 Å². The molecule has 0 aliphatic carbocycles. The van der Waals surface area contributed by atoms with Gasteiger partial charge in [-0.05, 0) is 60.9 Å². The monoisotopic (exact) mass is 846 g/mol. The number of aromatic nitrogens is 4. The van der Waals surface area contributed by atoms with Crippen LogP contribution in [-0.4, -0.2) is 114 Å². The summed E-state index contributed by atoms with van der Waals surface area (Å²) in [6.07, 6.45) is 3.75. The normalized spacial score (nSPS) is 20.0. The van der Waals surface area contributed by atoms with Crippen LogP contribution in [0.5, 0.6) is 0 Å². The van der Waals surface area contributed by atoms with Gasteiger partial charge in [-0.15, -0.1) is 0 Å². The molecule has 7 atom stereocenters. The van der Waals surface area contributed by atoms with Gasteiger partial charge in [0.05, 0.1) is 62.8 Å². The van der Waals surface area contributed by atoms with Crippen molar-refractivity contribution in [2.75, 3.05) is 41.6 Å². The number of likely N-dealkylation sites (tertiary alicyclic amines) is 2. The van der Waals surface area contributed by atoms with E-state index in [1.807, 2.05) is 49.4 Å². The lowest BCUT2D eigenvalue weighted by atomic mass is 10.0. The van der Waals surface area contributed by atoms with Crippen LogP contribution in [-0.2, 0) is 28.5 Å². The molecule has 0 saturated carbocycles. The fraction of sp³-hybridized carbons (Fsp3) is 0.391. The molecule has 2 aromatic heterocycles. The molecule has 4 heterocycles. The molecule has 0 bridgehead atoms. The molecule has 16 nitrogen and oxygen atoms in total. The van der Waals surface area contributed by atoms with Gasteiger partial charge in [-0.25, -0.2) is 19.6 Å². The van der Waals surface area contributed by atoms with E-state index in [9.17, 15) is 19.2 Å². The van der Waals surface area contributed by atoms with E-state index in [1.54, 1.807) is 48.4 Å². The smallest absolute Gasteiger partial charge is 0.407 e. The molecule has 62 heavy (non-hydrogen) atoms. The Morgan fingerprint density at radius 3 is 1.82 bits per heavy atom. The maximum atomic E-state index is 14.2. The lowest BCUT2D eigenvalue weighted by Gasteiger charge is -2.33. The van der Waals surface area contributed by atoms with E-state index in [4.69, 9.17) is 28.9 Å². The largest absolute Gasteiger partial charge is 0.453 e. The number of aromatic amines is 2. The highest BCUT2D eigenvalue weighted by Gasteiger charge is 2.43.